The molecule has 10 nitrogen and oxygen atoms in total. The van der Waals surface area contributed by atoms with Crippen molar-refractivity contribution in [1.29, 1.82) is 0 Å². The lowest BCUT2D eigenvalue weighted by atomic mass is 10.1. The fourth-order valence-electron chi connectivity index (χ4n) is 3.32. The van der Waals surface area contributed by atoms with Crippen molar-refractivity contribution in [2.75, 3.05) is 30.1 Å². The predicted molar refractivity (Wildman–Crippen MR) is 138 cm³/mol. The third-order valence-corrected chi connectivity index (χ3v) is 7.40. The van der Waals surface area contributed by atoms with Gasteiger partial charge in [0.1, 0.15) is 0 Å². The largest absolute Gasteiger partial charge is 0.493 e. The van der Waals surface area contributed by atoms with E-state index >= 15 is 0 Å². The summed E-state index contributed by atoms with van der Waals surface area (Å²) >= 11 is 5.95. The smallest absolute Gasteiger partial charge is 0.257 e. The van der Waals surface area contributed by atoms with Gasteiger partial charge in [0, 0.05) is 16.8 Å². The number of ether oxygens (including phenoxy) is 2. The molecule has 0 spiro atoms. The van der Waals surface area contributed by atoms with Gasteiger partial charge in [0.05, 0.1) is 43.2 Å². The van der Waals surface area contributed by atoms with Crippen molar-refractivity contribution in [2.24, 2.45) is 5.14 Å². The Hall–Kier alpha value is -3.32. The maximum atomic E-state index is 13.3. The minimum atomic E-state index is -3.91. The standard InChI is InChI=1S/C23H24ClN3O7S2/c1-33-21-12-19(23(28)26-17-8-10-18(11-9-17)36(25,31)32)20(13-22(21)34-2)27(35(3,29)30)14-15-4-6-16(24)7-5-15/h4-13H,14H2,1-3H3,(H,26,28)(H2,25,31,32). The normalized spacial score (nSPS) is 11.6. The van der Waals surface area contributed by atoms with Gasteiger partial charge < -0.3 is 14.8 Å². The van der Waals surface area contributed by atoms with Crippen molar-refractivity contribution in [3.8, 4) is 11.5 Å². The van der Waals surface area contributed by atoms with Crippen LogP contribution in [0.15, 0.2) is 65.6 Å². The van der Waals surface area contributed by atoms with E-state index in [0.717, 1.165) is 10.6 Å². The Labute approximate surface area is 214 Å². The highest BCUT2D eigenvalue weighted by molar-refractivity contribution is 7.92. The topological polar surface area (TPSA) is 145 Å². The highest BCUT2D eigenvalue weighted by Gasteiger charge is 2.27. The van der Waals surface area contributed by atoms with Crippen LogP contribution in [0.4, 0.5) is 11.4 Å². The number of primary sulfonamides is 1. The molecule has 13 heteroatoms. The molecule has 0 aliphatic heterocycles. The Bertz CT molecular complexity index is 1480. The Kier molecular flexibility index (Phi) is 8.14. The number of benzene rings is 3. The highest BCUT2D eigenvalue weighted by atomic mass is 35.5. The molecule has 3 N–H and O–H groups in total. The lowest BCUT2D eigenvalue weighted by molar-refractivity contribution is 0.102. The van der Waals surface area contributed by atoms with Crippen molar-refractivity contribution in [1.82, 2.24) is 0 Å². The zero-order valence-electron chi connectivity index (χ0n) is 19.6. The number of anilines is 2. The molecule has 0 aliphatic carbocycles. The molecule has 0 fully saturated rings. The van der Waals surface area contributed by atoms with Crippen LogP contribution in [0, 0.1) is 0 Å². The third kappa shape index (κ3) is 6.46. The van der Waals surface area contributed by atoms with E-state index < -0.39 is 26.0 Å². The summed E-state index contributed by atoms with van der Waals surface area (Å²) in [5.74, 6) is -0.249. The van der Waals surface area contributed by atoms with Crippen molar-refractivity contribution >= 4 is 48.9 Å². The van der Waals surface area contributed by atoms with E-state index in [1.165, 1.54) is 50.6 Å². The van der Waals surface area contributed by atoms with Crippen LogP contribution >= 0.6 is 11.6 Å². The fraction of sp³-hybridized carbons (Fsp3) is 0.174. The van der Waals surface area contributed by atoms with E-state index in [2.05, 4.69) is 5.32 Å². The molecule has 0 saturated heterocycles. The second kappa shape index (κ2) is 10.7. The average molecular weight is 554 g/mol. The summed E-state index contributed by atoms with van der Waals surface area (Å²) in [6.07, 6.45) is 1.02. The summed E-state index contributed by atoms with van der Waals surface area (Å²) < 4.78 is 60.4. The lowest BCUT2D eigenvalue weighted by Gasteiger charge is -2.26. The molecule has 0 radical (unpaired) electrons. The van der Waals surface area contributed by atoms with Crippen molar-refractivity contribution in [3.05, 3.63) is 76.8 Å². The first-order valence-corrected chi connectivity index (χ1v) is 14.0. The van der Waals surface area contributed by atoms with Gasteiger partial charge in [-0.25, -0.2) is 22.0 Å². The van der Waals surface area contributed by atoms with Crippen LogP contribution in [-0.2, 0) is 26.6 Å². The van der Waals surface area contributed by atoms with Crippen LogP contribution in [0.25, 0.3) is 0 Å². The number of hydrogen-bond donors (Lipinski definition) is 2. The van der Waals surface area contributed by atoms with Crippen LogP contribution in [0.5, 0.6) is 11.5 Å². The number of rotatable bonds is 9. The molecule has 36 heavy (non-hydrogen) atoms. The van der Waals surface area contributed by atoms with E-state index in [4.69, 9.17) is 26.2 Å². The number of methoxy groups -OCH3 is 2. The van der Waals surface area contributed by atoms with Crippen LogP contribution in [0.2, 0.25) is 5.02 Å². The van der Waals surface area contributed by atoms with Gasteiger partial charge in [-0.1, -0.05) is 23.7 Å². The molecule has 3 aromatic carbocycles. The van der Waals surface area contributed by atoms with Gasteiger partial charge in [-0.15, -0.1) is 0 Å². The van der Waals surface area contributed by atoms with Gasteiger partial charge in [0.15, 0.2) is 11.5 Å². The van der Waals surface area contributed by atoms with Crippen LogP contribution < -0.4 is 24.2 Å². The summed E-state index contributed by atoms with van der Waals surface area (Å²) in [4.78, 5) is 13.2. The summed E-state index contributed by atoms with van der Waals surface area (Å²) in [6, 6.07) is 14.6. The first-order chi connectivity index (χ1) is 16.8. The molecule has 1 amide bonds. The molecule has 0 heterocycles. The van der Waals surface area contributed by atoms with Crippen LogP contribution in [0.1, 0.15) is 15.9 Å². The first kappa shape index (κ1) is 27.3. The molecule has 0 atom stereocenters. The molecule has 3 aromatic rings. The Morgan fingerprint density at radius 2 is 1.50 bits per heavy atom. The molecular weight excluding hydrogens is 530 g/mol. The van der Waals surface area contributed by atoms with Gasteiger partial charge in [-0.05, 0) is 48.0 Å². The van der Waals surface area contributed by atoms with E-state index in [-0.39, 0.29) is 39.9 Å². The molecule has 0 unspecified atom stereocenters. The van der Waals surface area contributed by atoms with E-state index in [0.29, 0.717) is 10.6 Å². The van der Waals surface area contributed by atoms with Gasteiger partial charge >= 0.3 is 0 Å². The maximum Gasteiger partial charge on any atom is 0.257 e. The quantitative estimate of drug-likeness (QED) is 0.413. The highest BCUT2D eigenvalue weighted by Crippen LogP contribution is 2.37. The number of sulfonamides is 2. The van der Waals surface area contributed by atoms with Crippen molar-refractivity contribution < 1.29 is 31.1 Å². The maximum absolute atomic E-state index is 13.3. The molecule has 192 valence electrons. The third-order valence-electron chi connectivity index (χ3n) is 5.10. The molecule has 0 aliphatic rings. The lowest BCUT2D eigenvalue weighted by Crippen LogP contribution is -2.31. The number of nitrogens with two attached hydrogens (primary N) is 1. The number of nitrogens with zero attached hydrogens (tertiary/aromatic N) is 1. The average Bonchev–Trinajstić information content (AvgIpc) is 2.81. The van der Waals surface area contributed by atoms with Gasteiger partial charge in [0.25, 0.3) is 5.91 Å². The molecule has 0 saturated carbocycles. The Balaban J connectivity index is 2.09. The van der Waals surface area contributed by atoms with E-state index in [1.807, 2.05) is 0 Å². The van der Waals surface area contributed by atoms with Crippen molar-refractivity contribution in [3.63, 3.8) is 0 Å². The number of carbonyl (C=O) groups is 1. The number of carbonyl (C=O) groups excluding carboxylic acids is 1. The second-order valence-electron chi connectivity index (χ2n) is 7.64. The minimum Gasteiger partial charge on any atom is -0.493 e. The van der Waals surface area contributed by atoms with E-state index in [9.17, 15) is 21.6 Å². The Morgan fingerprint density at radius 1 is 0.944 bits per heavy atom. The summed E-state index contributed by atoms with van der Waals surface area (Å²) in [5, 5.41) is 8.24. The number of amides is 1. The van der Waals surface area contributed by atoms with Gasteiger partial charge in [0.2, 0.25) is 20.0 Å². The second-order valence-corrected chi connectivity index (χ2v) is 11.5. The monoisotopic (exact) mass is 553 g/mol. The van der Waals surface area contributed by atoms with Gasteiger partial charge in [-0.2, -0.15) is 0 Å². The molecule has 3 rings (SSSR count). The predicted octanol–water partition coefficient (Wildman–Crippen LogP) is 3.22. The van der Waals surface area contributed by atoms with Gasteiger partial charge in [-0.3, -0.25) is 9.10 Å². The molecule has 0 aromatic heterocycles. The SMILES string of the molecule is COc1cc(C(=O)Nc2ccc(S(N)(=O)=O)cc2)c(N(Cc2ccc(Cl)cc2)S(C)(=O)=O)cc1OC. The Morgan fingerprint density at radius 3 is 2.00 bits per heavy atom. The summed E-state index contributed by atoms with van der Waals surface area (Å²) in [7, 11) is -5.02. The minimum absolute atomic E-state index is 0.0254. The number of nitrogens with one attached hydrogen (secondary N) is 1. The zero-order chi connectivity index (χ0) is 26.7. The van der Waals surface area contributed by atoms with Crippen LogP contribution in [0.3, 0.4) is 0 Å². The molecular formula is C23H24ClN3O7S2. The number of halogens is 1. The zero-order valence-corrected chi connectivity index (χ0v) is 21.9. The summed E-state index contributed by atoms with van der Waals surface area (Å²) in [6.45, 7) is -0.0885. The fourth-order valence-corrected chi connectivity index (χ4v) is 4.85. The summed E-state index contributed by atoms with van der Waals surface area (Å²) in [5.41, 5.74) is 0.910. The number of hydrogen-bond acceptors (Lipinski definition) is 7. The molecule has 0 bridgehead atoms. The first-order valence-electron chi connectivity index (χ1n) is 10.3. The van der Waals surface area contributed by atoms with Crippen molar-refractivity contribution in [2.45, 2.75) is 11.4 Å². The van der Waals surface area contributed by atoms with E-state index in [1.54, 1.807) is 24.3 Å². The van der Waals surface area contributed by atoms with Crippen LogP contribution in [-0.4, -0.2) is 43.2 Å².